The van der Waals surface area contributed by atoms with Gasteiger partial charge < -0.3 is 20.1 Å². The number of hydrogen-bond acceptors (Lipinski definition) is 5. The van der Waals surface area contributed by atoms with Gasteiger partial charge in [-0.25, -0.2) is 0 Å². The van der Waals surface area contributed by atoms with Gasteiger partial charge >= 0.3 is 0 Å². The SMILES string of the molecule is CCCCCCCCCCCC(CC)OC(NCC(O)CO)C(C)O. The average molecular weight is 362 g/mol. The van der Waals surface area contributed by atoms with Crippen molar-refractivity contribution in [2.45, 2.75) is 116 Å². The Bertz CT molecular complexity index is 276. The van der Waals surface area contributed by atoms with Crippen LogP contribution in [0.25, 0.3) is 0 Å². The number of aliphatic hydroxyl groups excluding tert-OH is 3. The summed E-state index contributed by atoms with van der Waals surface area (Å²) >= 11 is 0. The van der Waals surface area contributed by atoms with Crippen molar-refractivity contribution in [3.8, 4) is 0 Å². The van der Waals surface area contributed by atoms with Gasteiger partial charge in [0.05, 0.1) is 24.9 Å². The van der Waals surface area contributed by atoms with Crippen molar-refractivity contribution in [1.82, 2.24) is 5.32 Å². The summed E-state index contributed by atoms with van der Waals surface area (Å²) in [5.41, 5.74) is 0. The summed E-state index contributed by atoms with van der Waals surface area (Å²) in [7, 11) is 0. The summed E-state index contributed by atoms with van der Waals surface area (Å²) in [6.45, 7) is 5.93. The van der Waals surface area contributed by atoms with E-state index in [0.717, 1.165) is 19.3 Å². The third kappa shape index (κ3) is 14.6. The molecule has 0 aliphatic carbocycles. The summed E-state index contributed by atoms with van der Waals surface area (Å²) in [4.78, 5) is 0. The highest BCUT2D eigenvalue weighted by molar-refractivity contribution is 4.69. The van der Waals surface area contributed by atoms with E-state index in [9.17, 15) is 10.2 Å². The van der Waals surface area contributed by atoms with Gasteiger partial charge in [-0.15, -0.1) is 0 Å². The van der Waals surface area contributed by atoms with E-state index in [1.165, 1.54) is 51.4 Å². The number of ether oxygens (including phenoxy) is 1. The minimum Gasteiger partial charge on any atom is -0.394 e. The second-order valence-corrected chi connectivity index (χ2v) is 7.19. The van der Waals surface area contributed by atoms with Crippen LogP contribution in [0.5, 0.6) is 0 Å². The monoisotopic (exact) mass is 361 g/mol. The lowest BCUT2D eigenvalue weighted by Crippen LogP contribution is -2.46. The predicted octanol–water partition coefficient (Wildman–Crippen LogP) is 3.35. The first-order chi connectivity index (χ1) is 12.0. The molecule has 0 saturated heterocycles. The van der Waals surface area contributed by atoms with E-state index in [2.05, 4.69) is 19.2 Å². The second-order valence-electron chi connectivity index (χ2n) is 7.19. The molecule has 0 aromatic heterocycles. The Hall–Kier alpha value is -0.200. The maximum Gasteiger partial charge on any atom is 0.134 e. The molecule has 0 saturated carbocycles. The first-order valence-electron chi connectivity index (χ1n) is 10.4. The molecule has 0 aromatic carbocycles. The number of aliphatic hydroxyl groups is 3. The van der Waals surface area contributed by atoms with Crippen molar-refractivity contribution in [2.75, 3.05) is 13.2 Å². The Morgan fingerprint density at radius 3 is 1.92 bits per heavy atom. The molecule has 0 aliphatic rings. The van der Waals surface area contributed by atoms with Crippen molar-refractivity contribution in [3.05, 3.63) is 0 Å². The van der Waals surface area contributed by atoms with Crippen LogP contribution in [0, 0.1) is 0 Å². The van der Waals surface area contributed by atoms with Crippen molar-refractivity contribution in [3.63, 3.8) is 0 Å². The Kier molecular flexibility index (Phi) is 17.1. The molecule has 0 aliphatic heterocycles. The Balaban J connectivity index is 3.86. The van der Waals surface area contributed by atoms with Crippen LogP contribution in [0.2, 0.25) is 0 Å². The summed E-state index contributed by atoms with van der Waals surface area (Å²) in [6, 6.07) is 0. The lowest BCUT2D eigenvalue weighted by Gasteiger charge is -2.28. The summed E-state index contributed by atoms with van der Waals surface area (Å²) in [5, 5.41) is 31.1. The van der Waals surface area contributed by atoms with Crippen molar-refractivity contribution < 1.29 is 20.1 Å². The van der Waals surface area contributed by atoms with Crippen molar-refractivity contribution in [2.24, 2.45) is 0 Å². The van der Waals surface area contributed by atoms with E-state index in [1.54, 1.807) is 6.92 Å². The van der Waals surface area contributed by atoms with Gasteiger partial charge in [0.2, 0.25) is 0 Å². The third-order valence-corrected chi connectivity index (χ3v) is 4.63. The lowest BCUT2D eigenvalue weighted by atomic mass is 10.0. The molecule has 4 unspecified atom stereocenters. The Morgan fingerprint density at radius 1 is 0.880 bits per heavy atom. The van der Waals surface area contributed by atoms with E-state index in [0.29, 0.717) is 0 Å². The summed E-state index contributed by atoms with van der Waals surface area (Å²) in [6.07, 6.45) is 11.8. The van der Waals surface area contributed by atoms with Gasteiger partial charge in [0, 0.05) is 6.54 Å². The zero-order valence-corrected chi connectivity index (χ0v) is 16.8. The highest BCUT2D eigenvalue weighted by Gasteiger charge is 2.20. The molecule has 5 heteroatoms. The molecule has 152 valence electrons. The van der Waals surface area contributed by atoms with Gasteiger partial charge in [-0.3, -0.25) is 5.32 Å². The fraction of sp³-hybridized carbons (Fsp3) is 1.00. The zero-order chi connectivity index (χ0) is 18.9. The van der Waals surface area contributed by atoms with E-state index < -0.39 is 18.4 Å². The van der Waals surface area contributed by atoms with Gasteiger partial charge in [-0.2, -0.15) is 0 Å². The second kappa shape index (κ2) is 17.2. The van der Waals surface area contributed by atoms with Crippen molar-refractivity contribution in [1.29, 1.82) is 0 Å². The minimum absolute atomic E-state index is 0.114. The number of hydrogen-bond donors (Lipinski definition) is 4. The highest BCUT2D eigenvalue weighted by atomic mass is 16.5. The van der Waals surface area contributed by atoms with Gasteiger partial charge in [0.25, 0.3) is 0 Å². The van der Waals surface area contributed by atoms with Crippen LogP contribution >= 0.6 is 0 Å². The topological polar surface area (TPSA) is 82.0 Å². The predicted molar refractivity (Wildman–Crippen MR) is 104 cm³/mol. The summed E-state index contributed by atoms with van der Waals surface area (Å²) in [5.74, 6) is 0. The first-order valence-corrected chi connectivity index (χ1v) is 10.4. The molecule has 0 amide bonds. The molecule has 4 atom stereocenters. The average Bonchev–Trinajstić information content (AvgIpc) is 2.61. The van der Waals surface area contributed by atoms with Crippen LogP contribution < -0.4 is 5.32 Å². The largest absolute Gasteiger partial charge is 0.394 e. The van der Waals surface area contributed by atoms with Crippen LogP contribution in [0.4, 0.5) is 0 Å². The molecule has 0 rings (SSSR count). The summed E-state index contributed by atoms with van der Waals surface area (Å²) < 4.78 is 5.97. The fourth-order valence-electron chi connectivity index (χ4n) is 2.91. The van der Waals surface area contributed by atoms with Gasteiger partial charge in [0.1, 0.15) is 6.23 Å². The molecule has 0 bridgehead atoms. The molecule has 0 spiro atoms. The van der Waals surface area contributed by atoms with Gasteiger partial charge in [0.15, 0.2) is 0 Å². The van der Waals surface area contributed by atoms with E-state index in [-0.39, 0.29) is 19.3 Å². The van der Waals surface area contributed by atoms with Gasteiger partial charge in [-0.05, 0) is 19.8 Å². The maximum absolute atomic E-state index is 9.84. The Morgan fingerprint density at radius 2 is 1.44 bits per heavy atom. The number of unbranched alkanes of at least 4 members (excludes halogenated alkanes) is 8. The Labute approximate surface area is 155 Å². The van der Waals surface area contributed by atoms with E-state index >= 15 is 0 Å². The minimum atomic E-state index is -0.831. The fourth-order valence-corrected chi connectivity index (χ4v) is 2.91. The normalized spacial score (nSPS) is 16.6. The molecule has 0 heterocycles. The first kappa shape index (κ1) is 24.8. The molecule has 0 aromatic rings. The molecule has 0 fully saturated rings. The molecule has 0 radical (unpaired) electrons. The molecule has 5 nitrogen and oxygen atoms in total. The standard InChI is InChI=1S/C20H43NO4/c1-4-6-7-8-9-10-11-12-13-14-19(5-2)25-20(17(3)23)21-15-18(24)16-22/h17-24H,4-16H2,1-3H3. The lowest BCUT2D eigenvalue weighted by molar-refractivity contribution is -0.0951. The molecular formula is C20H43NO4. The highest BCUT2D eigenvalue weighted by Crippen LogP contribution is 2.15. The number of nitrogens with one attached hydrogen (secondary N) is 1. The number of rotatable bonds is 18. The molecular weight excluding hydrogens is 318 g/mol. The molecule has 25 heavy (non-hydrogen) atoms. The molecule has 4 N–H and O–H groups in total. The van der Waals surface area contributed by atoms with Crippen LogP contribution in [0.1, 0.15) is 91.4 Å². The van der Waals surface area contributed by atoms with Gasteiger partial charge in [-0.1, -0.05) is 71.6 Å². The zero-order valence-electron chi connectivity index (χ0n) is 16.8. The van der Waals surface area contributed by atoms with Crippen molar-refractivity contribution >= 4 is 0 Å². The quantitative estimate of drug-likeness (QED) is 0.222. The third-order valence-electron chi connectivity index (χ3n) is 4.63. The smallest absolute Gasteiger partial charge is 0.134 e. The van der Waals surface area contributed by atoms with Crippen LogP contribution in [-0.4, -0.2) is 53.0 Å². The van der Waals surface area contributed by atoms with Crippen LogP contribution in [-0.2, 0) is 4.74 Å². The van der Waals surface area contributed by atoms with E-state index in [4.69, 9.17) is 9.84 Å². The maximum atomic E-state index is 9.84. The van der Waals surface area contributed by atoms with E-state index in [1.807, 2.05) is 0 Å². The van der Waals surface area contributed by atoms with Crippen LogP contribution in [0.3, 0.4) is 0 Å². The van der Waals surface area contributed by atoms with Crippen LogP contribution in [0.15, 0.2) is 0 Å².